The molecule has 0 aromatic heterocycles. The minimum absolute atomic E-state index is 0.0159. The summed E-state index contributed by atoms with van der Waals surface area (Å²) in [7, 11) is 0. The van der Waals surface area contributed by atoms with E-state index in [0.29, 0.717) is 0 Å². The molecule has 32 heavy (non-hydrogen) atoms. The zero-order valence-electron chi connectivity index (χ0n) is 18.8. The molecule has 5 nitrogen and oxygen atoms in total. The molecule has 1 amide bonds. The summed E-state index contributed by atoms with van der Waals surface area (Å²) in [5.74, 6) is 2.09. The van der Waals surface area contributed by atoms with Crippen molar-refractivity contribution < 1.29 is 9.53 Å². The SMILES string of the molecule is CCC(C(=O)Nc1ccc2c(c1)C(N(CC)CC)=Nc1ccccc1O2)c1ccccc1. The molecule has 0 saturated heterocycles. The molecule has 1 aliphatic heterocycles. The van der Waals surface area contributed by atoms with Gasteiger partial charge in [0.1, 0.15) is 17.3 Å². The fourth-order valence-electron chi connectivity index (χ4n) is 4.05. The molecule has 0 radical (unpaired) electrons. The number of benzene rings is 3. The van der Waals surface area contributed by atoms with E-state index >= 15 is 0 Å². The summed E-state index contributed by atoms with van der Waals surface area (Å²) >= 11 is 0. The molecule has 4 rings (SSSR count). The Morgan fingerprint density at radius 2 is 1.66 bits per heavy atom. The van der Waals surface area contributed by atoms with Gasteiger partial charge in [-0.05, 0) is 56.2 Å². The van der Waals surface area contributed by atoms with Gasteiger partial charge in [-0.25, -0.2) is 4.99 Å². The first-order valence-corrected chi connectivity index (χ1v) is 11.2. The number of para-hydroxylation sites is 2. The lowest BCUT2D eigenvalue weighted by molar-refractivity contribution is -0.117. The van der Waals surface area contributed by atoms with Crippen molar-refractivity contribution in [1.82, 2.24) is 4.90 Å². The summed E-state index contributed by atoms with van der Waals surface area (Å²) in [5, 5.41) is 3.11. The number of amidine groups is 1. The molecule has 1 atom stereocenters. The number of carbonyl (C=O) groups excluding carboxylic acids is 1. The van der Waals surface area contributed by atoms with Crippen molar-refractivity contribution in [3.8, 4) is 11.5 Å². The monoisotopic (exact) mass is 427 g/mol. The Bertz CT molecular complexity index is 1120. The predicted molar refractivity (Wildman–Crippen MR) is 130 cm³/mol. The first-order chi connectivity index (χ1) is 15.6. The van der Waals surface area contributed by atoms with Crippen molar-refractivity contribution in [2.75, 3.05) is 18.4 Å². The molecule has 164 valence electrons. The van der Waals surface area contributed by atoms with Crippen LogP contribution in [0.1, 0.15) is 44.2 Å². The van der Waals surface area contributed by atoms with Crippen LogP contribution in [-0.2, 0) is 4.79 Å². The van der Waals surface area contributed by atoms with Gasteiger partial charge in [-0.2, -0.15) is 0 Å². The summed E-state index contributed by atoms with van der Waals surface area (Å²) in [4.78, 5) is 20.3. The Labute approximate surface area is 189 Å². The van der Waals surface area contributed by atoms with E-state index in [9.17, 15) is 4.79 Å². The van der Waals surface area contributed by atoms with E-state index in [1.54, 1.807) is 0 Å². The van der Waals surface area contributed by atoms with Crippen molar-refractivity contribution in [2.45, 2.75) is 33.1 Å². The number of anilines is 1. The van der Waals surface area contributed by atoms with Crippen LogP contribution in [0.5, 0.6) is 11.5 Å². The minimum Gasteiger partial charge on any atom is -0.454 e. The van der Waals surface area contributed by atoms with Gasteiger partial charge in [0.05, 0.1) is 11.5 Å². The standard InChI is InChI=1S/C27H29N3O2/c1-4-21(19-12-8-7-9-13-19)27(31)28-20-16-17-24-22(18-20)26(30(5-2)6-3)29-23-14-10-11-15-25(23)32-24/h7-18,21H,4-6H2,1-3H3,(H,28,31). The Hall–Kier alpha value is -3.60. The first kappa shape index (κ1) is 21.6. The fraction of sp³-hybridized carbons (Fsp3) is 0.259. The largest absolute Gasteiger partial charge is 0.454 e. The zero-order valence-corrected chi connectivity index (χ0v) is 18.8. The summed E-state index contributed by atoms with van der Waals surface area (Å²) in [6.07, 6.45) is 0.728. The lowest BCUT2D eigenvalue weighted by Gasteiger charge is -2.24. The van der Waals surface area contributed by atoms with Gasteiger partial charge in [0.15, 0.2) is 5.75 Å². The maximum absolute atomic E-state index is 13.1. The number of aliphatic imine (C=N–C) groups is 1. The number of carbonyl (C=O) groups is 1. The summed E-state index contributed by atoms with van der Waals surface area (Å²) < 4.78 is 6.22. The molecule has 3 aromatic rings. The van der Waals surface area contributed by atoms with Crippen molar-refractivity contribution in [1.29, 1.82) is 0 Å². The molecular formula is C27H29N3O2. The van der Waals surface area contributed by atoms with Gasteiger partial charge < -0.3 is 15.0 Å². The van der Waals surface area contributed by atoms with Crippen molar-refractivity contribution in [3.63, 3.8) is 0 Å². The summed E-state index contributed by atoms with van der Waals surface area (Å²) in [5.41, 5.74) is 3.42. The van der Waals surface area contributed by atoms with Crippen LogP contribution >= 0.6 is 0 Å². The molecule has 1 N–H and O–H groups in total. The lowest BCUT2D eigenvalue weighted by atomic mass is 9.95. The minimum atomic E-state index is -0.202. The summed E-state index contributed by atoms with van der Waals surface area (Å²) in [6.45, 7) is 7.89. The van der Waals surface area contributed by atoms with Gasteiger partial charge in [-0.1, -0.05) is 49.4 Å². The van der Waals surface area contributed by atoms with Gasteiger partial charge in [0.25, 0.3) is 0 Å². The molecule has 0 saturated carbocycles. The van der Waals surface area contributed by atoms with E-state index in [-0.39, 0.29) is 11.8 Å². The number of amides is 1. The molecule has 1 unspecified atom stereocenters. The predicted octanol–water partition coefficient (Wildman–Crippen LogP) is 6.34. The third-order valence-corrected chi connectivity index (χ3v) is 5.79. The number of rotatable bonds is 6. The number of fused-ring (bicyclic) bond motifs is 2. The Balaban J connectivity index is 1.70. The first-order valence-electron chi connectivity index (χ1n) is 11.2. The number of nitrogens with one attached hydrogen (secondary N) is 1. The third kappa shape index (κ3) is 4.37. The van der Waals surface area contributed by atoms with E-state index in [2.05, 4.69) is 24.1 Å². The van der Waals surface area contributed by atoms with Crippen LogP contribution in [-0.4, -0.2) is 29.7 Å². The van der Waals surface area contributed by atoms with Crippen LogP contribution in [0.25, 0.3) is 0 Å². The normalized spacial score (nSPS) is 13.0. The van der Waals surface area contributed by atoms with Crippen LogP contribution in [0.3, 0.4) is 0 Å². The highest BCUT2D eigenvalue weighted by atomic mass is 16.5. The zero-order chi connectivity index (χ0) is 22.5. The number of ether oxygens (including phenoxy) is 1. The molecule has 3 aromatic carbocycles. The van der Waals surface area contributed by atoms with Gasteiger partial charge in [-0.3, -0.25) is 4.79 Å². The lowest BCUT2D eigenvalue weighted by Crippen LogP contribution is -2.31. The van der Waals surface area contributed by atoms with E-state index in [0.717, 1.165) is 59.3 Å². The average Bonchev–Trinajstić information content (AvgIpc) is 2.98. The van der Waals surface area contributed by atoms with Gasteiger partial charge in [-0.15, -0.1) is 0 Å². The van der Waals surface area contributed by atoms with Crippen LogP contribution in [0, 0.1) is 0 Å². The highest BCUT2D eigenvalue weighted by molar-refractivity contribution is 6.05. The van der Waals surface area contributed by atoms with Crippen molar-refractivity contribution in [2.24, 2.45) is 4.99 Å². The molecule has 5 heteroatoms. The smallest absolute Gasteiger partial charge is 0.231 e. The van der Waals surface area contributed by atoms with Crippen LogP contribution in [0.15, 0.2) is 77.8 Å². The molecule has 1 heterocycles. The number of hydrogen-bond acceptors (Lipinski definition) is 4. The van der Waals surface area contributed by atoms with E-state index in [1.807, 2.05) is 79.7 Å². The average molecular weight is 428 g/mol. The quantitative estimate of drug-likeness (QED) is 0.499. The number of nitrogens with zero attached hydrogens (tertiary/aromatic N) is 2. The second kappa shape index (κ2) is 9.69. The molecule has 0 fully saturated rings. The molecule has 0 bridgehead atoms. The highest BCUT2D eigenvalue weighted by Gasteiger charge is 2.23. The van der Waals surface area contributed by atoms with Crippen LogP contribution in [0.2, 0.25) is 0 Å². The van der Waals surface area contributed by atoms with E-state index < -0.39 is 0 Å². The number of hydrogen-bond donors (Lipinski definition) is 1. The van der Waals surface area contributed by atoms with Gasteiger partial charge in [0, 0.05) is 18.8 Å². The maximum Gasteiger partial charge on any atom is 0.231 e. The van der Waals surface area contributed by atoms with Crippen LogP contribution in [0.4, 0.5) is 11.4 Å². The topological polar surface area (TPSA) is 53.9 Å². The second-order valence-corrected chi connectivity index (χ2v) is 7.75. The highest BCUT2D eigenvalue weighted by Crippen LogP contribution is 2.39. The fourth-order valence-corrected chi connectivity index (χ4v) is 4.05. The second-order valence-electron chi connectivity index (χ2n) is 7.75. The Morgan fingerprint density at radius 3 is 2.38 bits per heavy atom. The third-order valence-electron chi connectivity index (χ3n) is 5.79. The van der Waals surface area contributed by atoms with Crippen molar-refractivity contribution >= 4 is 23.1 Å². The molecule has 0 aliphatic carbocycles. The molecule has 0 spiro atoms. The Kier molecular flexibility index (Phi) is 6.55. The van der Waals surface area contributed by atoms with Gasteiger partial charge in [0.2, 0.25) is 5.91 Å². The summed E-state index contributed by atoms with van der Waals surface area (Å²) in [6, 6.07) is 23.5. The van der Waals surface area contributed by atoms with Crippen LogP contribution < -0.4 is 10.1 Å². The molecular weight excluding hydrogens is 398 g/mol. The van der Waals surface area contributed by atoms with Crippen molar-refractivity contribution in [3.05, 3.63) is 83.9 Å². The Morgan fingerprint density at radius 1 is 0.938 bits per heavy atom. The van der Waals surface area contributed by atoms with E-state index in [4.69, 9.17) is 9.73 Å². The maximum atomic E-state index is 13.1. The van der Waals surface area contributed by atoms with E-state index in [1.165, 1.54) is 0 Å². The molecule has 1 aliphatic rings. The van der Waals surface area contributed by atoms with Gasteiger partial charge >= 0.3 is 0 Å².